The molecule has 9 heteroatoms. The van der Waals surface area contributed by atoms with Gasteiger partial charge in [-0.15, -0.1) is 5.10 Å². The van der Waals surface area contributed by atoms with E-state index in [1.54, 1.807) is 24.4 Å². The van der Waals surface area contributed by atoms with Gasteiger partial charge in [0.2, 0.25) is 5.69 Å². The molecular formula is C22H21N7O2. The van der Waals surface area contributed by atoms with Crippen molar-refractivity contribution in [1.29, 1.82) is 5.26 Å². The van der Waals surface area contributed by atoms with E-state index in [1.807, 2.05) is 20.0 Å². The highest BCUT2D eigenvalue weighted by Gasteiger charge is 2.14. The van der Waals surface area contributed by atoms with Gasteiger partial charge < -0.3 is 4.98 Å². The van der Waals surface area contributed by atoms with Crippen LogP contribution in [0.4, 0.5) is 0 Å². The van der Waals surface area contributed by atoms with Crippen molar-refractivity contribution in [2.24, 2.45) is 0 Å². The molecule has 0 aliphatic carbocycles. The van der Waals surface area contributed by atoms with Crippen molar-refractivity contribution in [3.63, 3.8) is 0 Å². The lowest BCUT2D eigenvalue weighted by Crippen LogP contribution is -2.33. The van der Waals surface area contributed by atoms with Crippen LogP contribution in [0.15, 0.2) is 34.1 Å². The predicted molar refractivity (Wildman–Crippen MR) is 115 cm³/mol. The molecule has 0 spiro atoms. The molecule has 3 aromatic heterocycles. The molecule has 0 fully saturated rings. The molecule has 0 saturated carbocycles. The number of aryl methyl sites for hydroxylation is 2. The minimum absolute atomic E-state index is 0.336. The fourth-order valence-electron chi connectivity index (χ4n) is 3.67. The molecule has 2 N–H and O–H groups in total. The van der Waals surface area contributed by atoms with E-state index in [4.69, 9.17) is 10.2 Å². The summed E-state index contributed by atoms with van der Waals surface area (Å²) in [4.78, 5) is 38.4. The smallest absolute Gasteiger partial charge is 0.345 e. The SMILES string of the molecule is Cc1cc(-n2nc(C#N)c(=O)[nH]c2=O)cc(C)c1Cc1cnc2[nH]cc(C(C)C)c2n1. The maximum Gasteiger partial charge on any atom is 0.349 e. The second kappa shape index (κ2) is 7.65. The predicted octanol–water partition coefficient (Wildman–Crippen LogP) is 2.39. The molecule has 0 aliphatic rings. The third-order valence-electron chi connectivity index (χ3n) is 5.30. The summed E-state index contributed by atoms with van der Waals surface area (Å²) in [5, 5.41) is 12.9. The fraction of sp³-hybridized carbons (Fsp3) is 0.273. The van der Waals surface area contributed by atoms with Crippen LogP contribution in [0.5, 0.6) is 0 Å². The Morgan fingerprint density at radius 2 is 1.90 bits per heavy atom. The third-order valence-corrected chi connectivity index (χ3v) is 5.30. The van der Waals surface area contributed by atoms with Crippen LogP contribution in [0.25, 0.3) is 16.9 Å². The minimum atomic E-state index is -0.798. The zero-order valence-electron chi connectivity index (χ0n) is 17.6. The first-order chi connectivity index (χ1) is 14.8. The zero-order chi connectivity index (χ0) is 22.3. The second-order valence-electron chi connectivity index (χ2n) is 7.82. The first kappa shape index (κ1) is 20.2. The highest BCUT2D eigenvalue weighted by molar-refractivity contribution is 5.75. The second-order valence-corrected chi connectivity index (χ2v) is 7.82. The number of nitrogens with zero attached hydrogens (tertiary/aromatic N) is 5. The Bertz CT molecular complexity index is 1440. The third kappa shape index (κ3) is 3.64. The van der Waals surface area contributed by atoms with E-state index >= 15 is 0 Å². The van der Waals surface area contributed by atoms with Crippen LogP contribution in [-0.2, 0) is 6.42 Å². The van der Waals surface area contributed by atoms with Crippen LogP contribution in [0.2, 0.25) is 0 Å². The number of aromatic nitrogens is 6. The number of benzene rings is 1. The molecule has 9 nitrogen and oxygen atoms in total. The number of aromatic amines is 2. The van der Waals surface area contributed by atoms with Crippen molar-refractivity contribution >= 4 is 11.2 Å². The first-order valence-electron chi connectivity index (χ1n) is 9.85. The molecule has 156 valence electrons. The number of hydrogen-bond donors (Lipinski definition) is 2. The number of fused-ring (bicyclic) bond motifs is 1. The Kier molecular flexibility index (Phi) is 4.99. The van der Waals surface area contributed by atoms with Gasteiger partial charge in [0, 0.05) is 18.2 Å². The Hall–Kier alpha value is -4.06. The van der Waals surface area contributed by atoms with Gasteiger partial charge in [-0.2, -0.15) is 9.94 Å². The Morgan fingerprint density at radius 1 is 1.19 bits per heavy atom. The van der Waals surface area contributed by atoms with Crippen molar-refractivity contribution in [1.82, 2.24) is 29.7 Å². The first-order valence-corrected chi connectivity index (χ1v) is 9.85. The van der Waals surface area contributed by atoms with Gasteiger partial charge in [0.05, 0.1) is 17.6 Å². The van der Waals surface area contributed by atoms with Crippen LogP contribution >= 0.6 is 0 Å². The summed E-state index contributed by atoms with van der Waals surface area (Å²) in [5.74, 6) is 0.336. The van der Waals surface area contributed by atoms with E-state index in [0.717, 1.165) is 43.8 Å². The number of nitriles is 1. The standard InChI is InChI=1S/C22H21N7O2/c1-11(2)17-10-25-20-19(17)26-14(9-24-20)7-16-12(3)5-15(6-13(16)4)29-22(31)27-21(30)18(8-23)28-29/h5-6,9-11H,7H2,1-4H3,(H,24,25)(H,27,30,31). The highest BCUT2D eigenvalue weighted by Crippen LogP contribution is 2.25. The summed E-state index contributed by atoms with van der Waals surface area (Å²) >= 11 is 0. The molecule has 0 atom stereocenters. The maximum absolute atomic E-state index is 12.2. The van der Waals surface area contributed by atoms with Gasteiger partial charge in [0.25, 0.3) is 5.56 Å². The van der Waals surface area contributed by atoms with Crippen LogP contribution < -0.4 is 11.2 Å². The average Bonchev–Trinajstić information content (AvgIpc) is 3.14. The number of H-pyrrole nitrogens is 2. The lowest BCUT2D eigenvalue weighted by Gasteiger charge is -2.13. The lowest BCUT2D eigenvalue weighted by atomic mass is 9.97. The molecule has 0 aliphatic heterocycles. The van der Waals surface area contributed by atoms with Crippen molar-refractivity contribution < 1.29 is 0 Å². The molecule has 31 heavy (non-hydrogen) atoms. The van der Waals surface area contributed by atoms with E-state index < -0.39 is 11.2 Å². The van der Waals surface area contributed by atoms with E-state index in [2.05, 4.69) is 33.9 Å². The molecular weight excluding hydrogens is 394 g/mol. The fourth-order valence-corrected chi connectivity index (χ4v) is 3.67. The molecule has 0 bridgehead atoms. The normalized spacial score (nSPS) is 11.2. The van der Waals surface area contributed by atoms with Crippen LogP contribution in [0, 0.1) is 25.2 Å². The Balaban J connectivity index is 1.75. The van der Waals surface area contributed by atoms with E-state index in [-0.39, 0.29) is 5.69 Å². The van der Waals surface area contributed by atoms with Crippen LogP contribution in [-0.4, -0.2) is 29.7 Å². The van der Waals surface area contributed by atoms with Gasteiger partial charge in [0.1, 0.15) is 11.6 Å². The van der Waals surface area contributed by atoms with Gasteiger partial charge in [-0.25, -0.2) is 14.8 Å². The largest absolute Gasteiger partial charge is 0.349 e. The quantitative estimate of drug-likeness (QED) is 0.526. The zero-order valence-corrected chi connectivity index (χ0v) is 17.6. The molecule has 0 amide bonds. The molecule has 4 rings (SSSR count). The van der Waals surface area contributed by atoms with Gasteiger partial charge in [-0.3, -0.25) is 9.78 Å². The van der Waals surface area contributed by atoms with Crippen LogP contribution in [0.3, 0.4) is 0 Å². The Labute approximate surface area is 177 Å². The van der Waals surface area contributed by atoms with Gasteiger partial charge >= 0.3 is 5.69 Å². The lowest BCUT2D eigenvalue weighted by molar-refractivity contribution is 0.738. The van der Waals surface area contributed by atoms with E-state index in [9.17, 15) is 9.59 Å². The molecule has 3 heterocycles. The topological polar surface area (TPSA) is 133 Å². The molecule has 1 aromatic carbocycles. The summed E-state index contributed by atoms with van der Waals surface area (Å²) in [6.07, 6.45) is 4.30. The average molecular weight is 415 g/mol. The minimum Gasteiger partial charge on any atom is -0.345 e. The summed E-state index contributed by atoms with van der Waals surface area (Å²) in [6, 6.07) is 5.31. The maximum atomic E-state index is 12.2. The van der Waals surface area contributed by atoms with Crippen molar-refractivity contribution in [3.05, 3.63) is 79.0 Å². The Morgan fingerprint density at radius 3 is 2.55 bits per heavy atom. The van der Waals surface area contributed by atoms with E-state index in [0.29, 0.717) is 18.0 Å². The molecule has 0 radical (unpaired) electrons. The molecule has 4 aromatic rings. The monoisotopic (exact) mass is 415 g/mol. The number of hydrogen-bond acceptors (Lipinski definition) is 6. The van der Waals surface area contributed by atoms with Crippen molar-refractivity contribution in [2.75, 3.05) is 0 Å². The number of rotatable bonds is 4. The van der Waals surface area contributed by atoms with Crippen molar-refractivity contribution in [3.8, 4) is 11.8 Å². The summed E-state index contributed by atoms with van der Waals surface area (Å²) in [7, 11) is 0. The molecule has 0 saturated heterocycles. The van der Waals surface area contributed by atoms with Gasteiger partial charge in [0.15, 0.2) is 5.65 Å². The summed E-state index contributed by atoms with van der Waals surface area (Å²) in [6.45, 7) is 8.12. The number of nitrogens with one attached hydrogen (secondary N) is 2. The van der Waals surface area contributed by atoms with Gasteiger partial charge in [-0.1, -0.05) is 13.8 Å². The van der Waals surface area contributed by atoms with E-state index in [1.165, 1.54) is 0 Å². The van der Waals surface area contributed by atoms with Crippen LogP contribution in [0.1, 0.15) is 53.4 Å². The van der Waals surface area contributed by atoms with Crippen molar-refractivity contribution in [2.45, 2.75) is 40.0 Å². The summed E-state index contributed by atoms with van der Waals surface area (Å²) in [5.41, 5.74) is 5.19. The molecule has 0 unspecified atom stereocenters. The summed E-state index contributed by atoms with van der Waals surface area (Å²) < 4.78 is 1.03. The highest BCUT2D eigenvalue weighted by atomic mass is 16.2. The van der Waals surface area contributed by atoms with Gasteiger partial charge in [-0.05, 0) is 48.6 Å².